The monoisotopic (exact) mass is 241 g/mol. The van der Waals surface area contributed by atoms with Gasteiger partial charge in [0.1, 0.15) is 0 Å². The van der Waals surface area contributed by atoms with Gasteiger partial charge in [0.15, 0.2) is 0 Å². The molecule has 2 aliphatic rings. The molecular formula is C13H27N3O. The Balaban J connectivity index is 1.60. The van der Waals surface area contributed by atoms with Gasteiger partial charge in [-0.1, -0.05) is 0 Å². The van der Waals surface area contributed by atoms with E-state index in [1.165, 1.54) is 32.5 Å². The Bertz CT molecular complexity index is 213. The van der Waals surface area contributed by atoms with E-state index in [1.807, 2.05) is 0 Å². The fourth-order valence-electron chi connectivity index (χ4n) is 2.81. The molecule has 17 heavy (non-hydrogen) atoms. The Kier molecular flexibility index (Phi) is 5.22. The minimum Gasteiger partial charge on any atom is -0.381 e. The molecule has 2 saturated heterocycles. The van der Waals surface area contributed by atoms with Gasteiger partial charge >= 0.3 is 0 Å². The summed E-state index contributed by atoms with van der Waals surface area (Å²) in [6, 6.07) is 0.279. The molecule has 0 amide bonds. The lowest BCUT2D eigenvalue weighted by Gasteiger charge is -2.26. The normalized spacial score (nSPS) is 28.1. The summed E-state index contributed by atoms with van der Waals surface area (Å²) in [5.41, 5.74) is 6.23. The zero-order valence-electron chi connectivity index (χ0n) is 11.1. The van der Waals surface area contributed by atoms with Crippen molar-refractivity contribution in [1.29, 1.82) is 0 Å². The van der Waals surface area contributed by atoms with Crippen molar-refractivity contribution < 1.29 is 4.74 Å². The second kappa shape index (κ2) is 6.69. The first-order chi connectivity index (χ1) is 8.25. The highest BCUT2D eigenvalue weighted by Gasteiger charge is 2.23. The number of nitrogens with two attached hydrogens (primary N) is 1. The molecule has 0 aromatic carbocycles. The van der Waals surface area contributed by atoms with E-state index in [9.17, 15) is 0 Å². The summed E-state index contributed by atoms with van der Waals surface area (Å²) in [5.74, 6) is 0.573. The second-order valence-corrected chi connectivity index (χ2v) is 5.60. The summed E-state index contributed by atoms with van der Waals surface area (Å²) in [5, 5.41) is 0. The highest BCUT2D eigenvalue weighted by atomic mass is 16.5. The van der Waals surface area contributed by atoms with Gasteiger partial charge in [0.25, 0.3) is 0 Å². The number of nitrogens with zero attached hydrogens (tertiary/aromatic N) is 2. The summed E-state index contributed by atoms with van der Waals surface area (Å²) < 4.78 is 5.39. The maximum atomic E-state index is 6.23. The maximum Gasteiger partial charge on any atom is 0.0510 e. The van der Waals surface area contributed by atoms with E-state index >= 15 is 0 Å². The van der Waals surface area contributed by atoms with Crippen molar-refractivity contribution in [2.75, 3.05) is 53.0 Å². The molecule has 0 aromatic heterocycles. The molecule has 2 aliphatic heterocycles. The predicted molar refractivity (Wildman–Crippen MR) is 70.1 cm³/mol. The smallest absolute Gasteiger partial charge is 0.0510 e. The average Bonchev–Trinajstić information content (AvgIpc) is 2.99. The van der Waals surface area contributed by atoms with Gasteiger partial charge < -0.3 is 20.3 Å². The molecule has 4 nitrogen and oxygen atoms in total. The Labute approximate surface area is 105 Å². The van der Waals surface area contributed by atoms with E-state index in [1.54, 1.807) is 0 Å². The van der Waals surface area contributed by atoms with Crippen molar-refractivity contribution in [3.8, 4) is 0 Å². The quantitative estimate of drug-likeness (QED) is 0.730. The van der Waals surface area contributed by atoms with Gasteiger partial charge in [0, 0.05) is 38.2 Å². The Morgan fingerprint density at radius 3 is 2.82 bits per heavy atom. The number of likely N-dealkylation sites (N-methyl/N-ethyl adjacent to an activating group) is 1. The lowest BCUT2D eigenvalue weighted by atomic mass is 10.00. The minimum absolute atomic E-state index is 0.279. The Morgan fingerprint density at radius 1 is 1.41 bits per heavy atom. The molecule has 2 rings (SSSR count). The van der Waals surface area contributed by atoms with E-state index in [0.717, 1.165) is 32.7 Å². The number of hydrogen-bond donors (Lipinski definition) is 1. The summed E-state index contributed by atoms with van der Waals surface area (Å²) in [7, 11) is 2.19. The fourth-order valence-corrected chi connectivity index (χ4v) is 2.81. The van der Waals surface area contributed by atoms with Crippen LogP contribution in [0.25, 0.3) is 0 Å². The van der Waals surface area contributed by atoms with Gasteiger partial charge in [-0.25, -0.2) is 0 Å². The molecule has 0 aliphatic carbocycles. The van der Waals surface area contributed by atoms with Crippen LogP contribution in [-0.4, -0.2) is 68.8 Å². The van der Waals surface area contributed by atoms with Crippen molar-refractivity contribution in [2.45, 2.75) is 25.3 Å². The Hall–Kier alpha value is -0.160. The summed E-state index contributed by atoms with van der Waals surface area (Å²) in [6.07, 6.45) is 3.90. The molecule has 0 bridgehead atoms. The van der Waals surface area contributed by atoms with Crippen LogP contribution in [0.2, 0.25) is 0 Å². The van der Waals surface area contributed by atoms with Crippen LogP contribution >= 0.6 is 0 Å². The van der Waals surface area contributed by atoms with Crippen LogP contribution in [0.5, 0.6) is 0 Å². The third kappa shape index (κ3) is 4.21. The molecule has 4 heteroatoms. The van der Waals surface area contributed by atoms with Crippen molar-refractivity contribution in [3.63, 3.8) is 0 Å². The first-order valence-corrected chi connectivity index (χ1v) is 7.00. The SMILES string of the molecule is CN(CCN1CCCC1)CC(N)C1CCOC1. The van der Waals surface area contributed by atoms with Crippen molar-refractivity contribution in [3.05, 3.63) is 0 Å². The minimum atomic E-state index is 0.279. The lowest BCUT2D eigenvalue weighted by molar-refractivity contribution is 0.172. The Morgan fingerprint density at radius 2 is 2.18 bits per heavy atom. The fraction of sp³-hybridized carbons (Fsp3) is 1.00. The van der Waals surface area contributed by atoms with Crippen LogP contribution in [0.1, 0.15) is 19.3 Å². The van der Waals surface area contributed by atoms with Gasteiger partial charge in [0.2, 0.25) is 0 Å². The first kappa shape index (κ1) is 13.3. The van der Waals surface area contributed by atoms with Crippen LogP contribution in [0.4, 0.5) is 0 Å². The third-order valence-corrected chi connectivity index (χ3v) is 4.09. The van der Waals surface area contributed by atoms with Crippen LogP contribution in [0.3, 0.4) is 0 Å². The molecule has 2 unspecified atom stereocenters. The molecule has 2 heterocycles. The van der Waals surface area contributed by atoms with Crippen molar-refractivity contribution in [2.24, 2.45) is 11.7 Å². The first-order valence-electron chi connectivity index (χ1n) is 7.00. The highest BCUT2D eigenvalue weighted by Crippen LogP contribution is 2.15. The number of hydrogen-bond acceptors (Lipinski definition) is 4. The van der Waals surface area contributed by atoms with Gasteiger partial charge in [-0.15, -0.1) is 0 Å². The van der Waals surface area contributed by atoms with Crippen LogP contribution in [0, 0.1) is 5.92 Å². The van der Waals surface area contributed by atoms with E-state index < -0.39 is 0 Å². The number of rotatable bonds is 6. The molecule has 2 N–H and O–H groups in total. The standard InChI is InChI=1S/C13H27N3O/c1-15(7-8-16-5-2-3-6-16)10-13(14)12-4-9-17-11-12/h12-13H,2-11,14H2,1H3. The van der Waals surface area contributed by atoms with E-state index in [0.29, 0.717) is 5.92 Å². The largest absolute Gasteiger partial charge is 0.381 e. The van der Waals surface area contributed by atoms with Crippen LogP contribution in [-0.2, 0) is 4.74 Å². The third-order valence-electron chi connectivity index (χ3n) is 4.09. The van der Waals surface area contributed by atoms with Crippen molar-refractivity contribution in [1.82, 2.24) is 9.80 Å². The van der Waals surface area contributed by atoms with Gasteiger partial charge in [-0.3, -0.25) is 0 Å². The molecular weight excluding hydrogens is 214 g/mol. The van der Waals surface area contributed by atoms with E-state index in [4.69, 9.17) is 10.5 Å². The summed E-state index contributed by atoms with van der Waals surface area (Å²) >= 11 is 0. The average molecular weight is 241 g/mol. The second-order valence-electron chi connectivity index (χ2n) is 5.60. The molecule has 2 atom stereocenters. The van der Waals surface area contributed by atoms with Crippen molar-refractivity contribution >= 4 is 0 Å². The molecule has 0 saturated carbocycles. The predicted octanol–water partition coefficient (Wildman–Crippen LogP) is 0.378. The van der Waals surface area contributed by atoms with Crippen LogP contribution < -0.4 is 5.73 Å². The topological polar surface area (TPSA) is 41.7 Å². The lowest BCUT2D eigenvalue weighted by Crippen LogP contribution is -2.43. The summed E-state index contributed by atoms with van der Waals surface area (Å²) in [4.78, 5) is 4.93. The van der Waals surface area contributed by atoms with E-state index in [-0.39, 0.29) is 6.04 Å². The highest BCUT2D eigenvalue weighted by molar-refractivity contribution is 4.79. The maximum absolute atomic E-state index is 6.23. The van der Waals surface area contributed by atoms with Gasteiger partial charge in [0.05, 0.1) is 6.61 Å². The molecule has 100 valence electrons. The summed E-state index contributed by atoms with van der Waals surface area (Å²) in [6.45, 7) is 7.68. The number of likely N-dealkylation sites (tertiary alicyclic amines) is 1. The zero-order chi connectivity index (χ0) is 12.1. The molecule has 0 aromatic rings. The van der Waals surface area contributed by atoms with Gasteiger partial charge in [-0.05, 0) is 39.4 Å². The molecule has 0 radical (unpaired) electrons. The number of ether oxygens (including phenoxy) is 1. The molecule has 2 fully saturated rings. The van der Waals surface area contributed by atoms with E-state index in [2.05, 4.69) is 16.8 Å². The zero-order valence-corrected chi connectivity index (χ0v) is 11.1. The van der Waals surface area contributed by atoms with Crippen LogP contribution in [0.15, 0.2) is 0 Å². The molecule has 0 spiro atoms. The van der Waals surface area contributed by atoms with Gasteiger partial charge in [-0.2, -0.15) is 0 Å².